The zero-order valence-electron chi connectivity index (χ0n) is 14.2. The van der Waals surface area contributed by atoms with Crippen LogP contribution >= 0.6 is 0 Å². The van der Waals surface area contributed by atoms with Crippen LogP contribution in [0, 0.1) is 11.7 Å². The minimum Gasteiger partial charge on any atom is -0.352 e. The highest BCUT2D eigenvalue weighted by molar-refractivity contribution is 5.78. The van der Waals surface area contributed by atoms with Crippen molar-refractivity contribution < 1.29 is 9.18 Å². The summed E-state index contributed by atoms with van der Waals surface area (Å²) < 4.78 is 15.0. The Bertz CT molecular complexity index is 854. The molecule has 25 heavy (non-hydrogen) atoms. The van der Waals surface area contributed by atoms with Crippen LogP contribution in [0.25, 0.3) is 16.9 Å². The van der Waals surface area contributed by atoms with E-state index in [0.29, 0.717) is 6.54 Å². The van der Waals surface area contributed by atoms with E-state index >= 15 is 0 Å². The van der Waals surface area contributed by atoms with Crippen molar-refractivity contribution in [1.29, 1.82) is 0 Å². The zero-order chi connectivity index (χ0) is 17.8. The van der Waals surface area contributed by atoms with Crippen molar-refractivity contribution in [2.75, 3.05) is 0 Å². The molecular weight excluding hydrogens is 317 g/mol. The molecule has 1 N–H and O–H groups in total. The molecule has 0 aliphatic carbocycles. The molecule has 0 atom stereocenters. The standard InChI is InChI=1S/C20H20FN3O/c1-14(2)20(25)22-12-16-13-24(18-6-4-3-5-7-18)23-19(16)15-8-10-17(21)11-9-15/h3-11,13-14H,12H2,1-2H3,(H,22,25). The van der Waals surface area contributed by atoms with Gasteiger partial charge in [0.2, 0.25) is 5.91 Å². The van der Waals surface area contributed by atoms with Crippen molar-refractivity contribution >= 4 is 5.91 Å². The van der Waals surface area contributed by atoms with Gasteiger partial charge in [0, 0.05) is 29.8 Å². The number of aromatic nitrogens is 2. The Morgan fingerprint density at radius 3 is 2.44 bits per heavy atom. The van der Waals surface area contributed by atoms with Gasteiger partial charge in [-0.15, -0.1) is 0 Å². The van der Waals surface area contributed by atoms with Crippen molar-refractivity contribution in [3.8, 4) is 16.9 Å². The Hall–Kier alpha value is -2.95. The monoisotopic (exact) mass is 337 g/mol. The normalized spacial score (nSPS) is 10.9. The highest BCUT2D eigenvalue weighted by Gasteiger charge is 2.14. The van der Waals surface area contributed by atoms with Crippen LogP contribution in [-0.4, -0.2) is 15.7 Å². The third-order valence-electron chi connectivity index (χ3n) is 3.91. The van der Waals surface area contributed by atoms with Crippen LogP contribution in [0.5, 0.6) is 0 Å². The molecular formula is C20H20FN3O. The van der Waals surface area contributed by atoms with Gasteiger partial charge in [-0.2, -0.15) is 5.10 Å². The van der Waals surface area contributed by atoms with Crippen molar-refractivity contribution in [3.05, 3.63) is 72.2 Å². The number of hydrogen-bond acceptors (Lipinski definition) is 2. The average Bonchev–Trinajstić information content (AvgIpc) is 3.05. The number of nitrogens with zero attached hydrogens (tertiary/aromatic N) is 2. The summed E-state index contributed by atoms with van der Waals surface area (Å²) in [6, 6.07) is 15.9. The van der Waals surface area contributed by atoms with E-state index in [1.54, 1.807) is 16.8 Å². The van der Waals surface area contributed by atoms with Gasteiger partial charge in [-0.3, -0.25) is 4.79 Å². The fourth-order valence-electron chi connectivity index (χ4n) is 2.49. The van der Waals surface area contributed by atoms with Gasteiger partial charge in [0.1, 0.15) is 5.82 Å². The van der Waals surface area contributed by atoms with Crippen LogP contribution in [0.2, 0.25) is 0 Å². The van der Waals surface area contributed by atoms with Gasteiger partial charge in [0.25, 0.3) is 0 Å². The lowest BCUT2D eigenvalue weighted by atomic mass is 10.1. The molecule has 0 unspecified atom stereocenters. The molecule has 4 nitrogen and oxygen atoms in total. The van der Waals surface area contributed by atoms with E-state index in [4.69, 9.17) is 0 Å². The Kier molecular flexibility index (Phi) is 4.93. The van der Waals surface area contributed by atoms with Crippen molar-refractivity contribution in [2.45, 2.75) is 20.4 Å². The number of halogens is 1. The highest BCUT2D eigenvalue weighted by Crippen LogP contribution is 2.24. The van der Waals surface area contributed by atoms with Crippen molar-refractivity contribution in [2.24, 2.45) is 5.92 Å². The molecule has 0 radical (unpaired) electrons. The summed E-state index contributed by atoms with van der Waals surface area (Å²) in [5, 5.41) is 7.56. The van der Waals surface area contributed by atoms with Crippen LogP contribution in [0.1, 0.15) is 19.4 Å². The second kappa shape index (κ2) is 7.30. The molecule has 0 saturated carbocycles. The summed E-state index contributed by atoms with van der Waals surface area (Å²) in [6.07, 6.45) is 1.90. The van der Waals surface area contributed by atoms with E-state index in [9.17, 15) is 9.18 Å². The van der Waals surface area contributed by atoms with Gasteiger partial charge in [-0.05, 0) is 36.4 Å². The topological polar surface area (TPSA) is 46.9 Å². The van der Waals surface area contributed by atoms with Gasteiger partial charge < -0.3 is 5.32 Å². The summed E-state index contributed by atoms with van der Waals surface area (Å²) in [5.74, 6) is -0.392. The number of hydrogen-bond donors (Lipinski definition) is 1. The highest BCUT2D eigenvalue weighted by atomic mass is 19.1. The van der Waals surface area contributed by atoms with E-state index in [1.165, 1.54) is 12.1 Å². The van der Waals surface area contributed by atoms with E-state index < -0.39 is 0 Å². The number of rotatable bonds is 5. The second-order valence-electron chi connectivity index (χ2n) is 6.16. The zero-order valence-corrected chi connectivity index (χ0v) is 14.2. The number of amides is 1. The number of para-hydroxylation sites is 1. The Morgan fingerprint density at radius 1 is 1.12 bits per heavy atom. The Labute approximate surface area is 146 Å². The van der Waals surface area contributed by atoms with E-state index in [0.717, 1.165) is 22.5 Å². The molecule has 0 aliphatic heterocycles. The maximum Gasteiger partial charge on any atom is 0.222 e. The molecule has 0 fully saturated rings. The number of nitrogens with one attached hydrogen (secondary N) is 1. The molecule has 0 aliphatic rings. The first-order valence-corrected chi connectivity index (χ1v) is 8.22. The summed E-state index contributed by atoms with van der Waals surface area (Å²) in [4.78, 5) is 11.9. The maximum absolute atomic E-state index is 13.2. The van der Waals surface area contributed by atoms with Gasteiger partial charge in [-0.25, -0.2) is 9.07 Å². The second-order valence-corrected chi connectivity index (χ2v) is 6.16. The van der Waals surface area contributed by atoms with Crippen molar-refractivity contribution in [1.82, 2.24) is 15.1 Å². The molecule has 1 amide bonds. The summed E-state index contributed by atoms with van der Waals surface area (Å²) in [7, 11) is 0. The fourth-order valence-corrected chi connectivity index (χ4v) is 2.49. The summed E-state index contributed by atoms with van der Waals surface area (Å²) >= 11 is 0. The molecule has 3 aromatic rings. The fraction of sp³-hybridized carbons (Fsp3) is 0.200. The summed E-state index contributed by atoms with van der Waals surface area (Å²) in [5.41, 5.74) is 3.34. The molecule has 3 rings (SSSR count). The number of carbonyl (C=O) groups is 1. The van der Waals surface area contributed by atoms with Gasteiger partial charge in [-0.1, -0.05) is 32.0 Å². The number of carbonyl (C=O) groups excluding carboxylic acids is 1. The molecule has 5 heteroatoms. The predicted molar refractivity (Wildman–Crippen MR) is 95.6 cm³/mol. The lowest BCUT2D eigenvalue weighted by molar-refractivity contribution is -0.124. The number of benzene rings is 2. The quantitative estimate of drug-likeness (QED) is 0.766. The maximum atomic E-state index is 13.2. The van der Waals surface area contributed by atoms with Crippen LogP contribution in [0.3, 0.4) is 0 Å². The average molecular weight is 337 g/mol. The van der Waals surface area contributed by atoms with Gasteiger partial charge in [0.15, 0.2) is 0 Å². The minimum atomic E-state index is -0.291. The first-order chi connectivity index (χ1) is 12.0. The van der Waals surface area contributed by atoms with E-state index in [2.05, 4.69) is 10.4 Å². The van der Waals surface area contributed by atoms with Gasteiger partial charge >= 0.3 is 0 Å². The third-order valence-corrected chi connectivity index (χ3v) is 3.91. The van der Waals surface area contributed by atoms with E-state index in [-0.39, 0.29) is 17.6 Å². The lowest BCUT2D eigenvalue weighted by Crippen LogP contribution is -2.27. The van der Waals surface area contributed by atoms with Crippen LogP contribution < -0.4 is 5.32 Å². The predicted octanol–water partition coefficient (Wildman–Crippen LogP) is 3.95. The minimum absolute atomic E-state index is 0.0162. The van der Waals surface area contributed by atoms with Crippen LogP contribution in [0.15, 0.2) is 60.8 Å². The first-order valence-electron chi connectivity index (χ1n) is 8.22. The largest absolute Gasteiger partial charge is 0.352 e. The molecule has 1 heterocycles. The molecule has 0 saturated heterocycles. The summed E-state index contributed by atoms with van der Waals surface area (Å²) in [6.45, 7) is 4.07. The molecule has 0 spiro atoms. The molecule has 1 aromatic heterocycles. The molecule has 128 valence electrons. The third kappa shape index (κ3) is 3.94. The van der Waals surface area contributed by atoms with Crippen LogP contribution in [-0.2, 0) is 11.3 Å². The smallest absolute Gasteiger partial charge is 0.222 e. The first kappa shape index (κ1) is 16.9. The van der Waals surface area contributed by atoms with Gasteiger partial charge in [0.05, 0.1) is 11.4 Å². The van der Waals surface area contributed by atoms with Crippen molar-refractivity contribution in [3.63, 3.8) is 0 Å². The lowest BCUT2D eigenvalue weighted by Gasteiger charge is -2.07. The Balaban J connectivity index is 1.97. The molecule has 2 aromatic carbocycles. The SMILES string of the molecule is CC(C)C(=O)NCc1cn(-c2ccccc2)nc1-c1ccc(F)cc1. The Morgan fingerprint density at radius 2 is 1.80 bits per heavy atom. The van der Waals surface area contributed by atoms with E-state index in [1.807, 2.05) is 50.4 Å². The molecule has 0 bridgehead atoms. The van der Waals surface area contributed by atoms with Crippen LogP contribution in [0.4, 0.5) is 4.39 Å².